The maximum absolute atomic E-state index is 11.7. The first-order valence-electron chi connectivity index (χ1n) is 6.24. The second-order valence-electron chi connectivity index (χ2n) is 5.63. The number of rotatable bonds is 3. The second kappa shape index (κ2) is 5.25. The molecular weight excluding hydrogens is 262 g/mol. The third kappa shape index (κ3) is 3.51. The van der Waals surface area contributed by atoms with Gasteiger partial charge in [-0.25, -0.2) is 0 Å². The van der Waals surface area contributed by atoms with E-state index < -0.39 is 0 Å². The van der Waals surface area contributed by atoms with Crippen molar-refractivity contribution in [3.63, 3.8) is 0 Å². The predicted molar refractivity (Wildman–Crippen MR) is 77.7 cm³/mol. The minimum Gasteiger partial charge on any atom is -0.495 e. The van der Waals surface area contributed by atoms with Crippen LogP contribution < -0.4 is 10.1 Å². The lowest BCUT2D eigenvalue weighted by Gasteiger charge is -2.29. The van der Waals surface area contributed by atoms with Crippen molar-refractivity contribution < 1.29 is 9.53 Å². The van der Waals surface area contributed by atoms with Crippen LogP contribution in [0.3, 0.4) is 0 Å². The van der Waals surface area contributed by atoms with E-state index in [9.17, 15) is 4.79 Å². The first kappa shape index (κ1) is 13.9. The van der Waals surface area contributed by atoms with Crippen molar-refractivity contribution in [3.05, 3.63) is 35.0 Å². The highest BCUT2D eigenvalue weighted by atomic mass is 35.5. The number of allylic oxidation sites excluding steroid dienone is 2. The summed E-state index contributed by atoms with van der Waals surface area (Å²) in [6, 6.07) is 5.49. The Morgan fingerprint density at radius 2 is 2.05 bits per heavy atom. The monoisotopic (exact) mass is 279 g/mol. The zero-order valence-electron chi connectivity index (χ0n) is 11.4. The van der Waals surface area contributed by atoms with Gasteiger partial charge in [-0.2, -0.15) is 0 Å². The summed E-state index contributed by atoms with van der Waals surface area (Å²) < 4.78 is 5.11. The van der Waals surface area contributed by atoms with E-state index >= 15 is 0 Å². The van der Waals surface area contributed by atoms with Crippen LogP contribution in [-0.2, 0) is 4.79 Å². The summed E-state index contributed by atoms with van der Waals surface area (Å²) in [4.78, 5) is 11.7. The summed E-state index contributed by atoms with van der Waals surface area (Å²) in [6.45, 7) is 4.20. The molecule has 102 valence electrons. The molecule has 2 rings (SSSR count). The predicted octanol–water partition coefficient (Wildman–Crippen LogP) is 4.03. The molecule has 1 aromatic rings. The molecule has 1 aliphatic rings. The minimum absolute atomic E-state index is 0.00440. The van der Waals surface area contributed by atoms with Crippen LogP contribution >= 0.6 is 11.6 Å². The van der Waals surface area contributed by atoms with E-state index in [0.29, 0.717) is 17.2 Å². The summed E-state index contributed by atoms with van der Waals surface area (Å²) in [6.07, 6.45) is 3.13. The third-order valence-corrected chi connectivity index (χ3v) is 3.41. The molecule has 1 N–H and O–H groups in total. The van der Waals surface area contributed by atoms with Crippen LogP contribution in [0.2, 0.25) is 5.02 Å². The quantitative estimate of drug-likeness (QED) is 0.908. The van der Waals surface area contributed by atoms with E-state index in [4.69, 9.17) is 16.3 Å². The van der Waals surface area contributed by atoms with Gasteiger partial charge in [-0.15, -0.1) is 0 Å². The average molecular weight is 280 g/mol. The Balaban J connectivity index is 2.17. The SMILES string of the molecule is COc1ccc(NC2=CC(=O)CC(C)(C)C2)cc1Cl. The molecule has 0 spiro atoms. The van der Waals surface area contributed by atoms with Gasteiger partial charge in [-0.3, -0.25) is 4.79 Å². The summed E-state index contributed by atoms with van der Waals surface area (Å²) in [5.74, 6) is 0.805. The average Bonchev–Trinajstić information content (AvgIpc) is 2.26. The molecule has 0 unspecified atom stereocenters. The number of ketones is 1. The first-order valence-corrected chi connectivity index (χ1v) is 6.61. The fraction of sp³-hybridized carbons (Fsp3) is 0.400. The summed E-state index contributed by atoms with van der Waals surface area (Å²) in [5, 5.41) is 3.81. The van der Waals surface area contributed by atoms with E-state index in [1.54, 1.807) is 25.3 Å². The van der Waals surface area contributed by atoms with Crippen molar-refractivity contribution >= 4 is 23.1 Å². The fourth-order valence-electron chi connectivity index (χ4n) is 2.36. The lowest BCUT2D eigenvalue weighted by Crippen LogP contribution is -2.24. The van der Waals surface area contributed by atoms with Crippen molar-refractivity contribution in [2.45, 2.75) is 26.7 Å². The van der Waals surface area contributed by atoms with Crippen LogP contribution in [0.4, 0.5) is 5.69 Å². The third-order valence-electron chi connectivity index (χ3n) is 3.11. The second-order valence-corrected chi connectivity index (χ2v) is 6.04. The Morgan fingerprint density at radius 1 is 1.32 bits per heavy atom. The fourth-order valence-corrected chi connectivity index (χ4v) is 2.61. The summed E-state index contributed by atoms with van der Waals surface area (Å²) in [7, 11) is 1.58. The van der Waals surface area contributed by atoms with Crippen LogP contribution in [-0.4, -0.2) is 12.9 Å². The molecule has 0 fully saturated rings. The number of carbonyl (C=O) groups excluding carboxylic acids is 1. The van der Waals surface area contributed by atoms with Crippen molar-refractivity contribution in [1.82, 2.24) is 0 Å². The number of nitrogens with one attached hydrogen (secondary N) is 1. The maximum atomic E-state index is 11.7. The number of ether oxygens (including phenoxy) is 1. The zero-order chi connectivity index (χ0) is 14.0. The highest BCUT2D eigenvalue weighted by molar-refractivity contribution is 6.32. The molecule has 3 nitrogen and oxygen atoms in total. The lowest BCUT2D eigenvalue weighted by atomic mass is 9.79. The van der Waals surface area contributed by atoms with Gasteiger partial charge >= 0.3 is 0 Å². The number of anilines is 1. The van der Waals surface area contributed by atoms with E-state index in [-0.39, 0.29) is 11.2 Å². The van der Waals surface area contributed by atoms with Gasteiger partial charge in [0.05, 0.1) is 12.1 Å². The maximum Gasteiger partial charge on any atom is 0.157 e. The van der Waals surface area contributed by atoms with E-state index in [1.807, 2.05) is 6.07 Å². The van der Waals surface area contributed by atoms with Gasteiger partial charge in [0.1, 0.15) is 5.75 Å². The Kier molecular flexibility index (Phi) is 3.85. The zero-order valence-corrected chi connectivity index (χ0v) is 12.2. The van der Waals surface area contributed by atoms with Crippen LogP contribution in [0.5, 0.6) is 5.75 Å². The van der Waals surface area contributed by atoms with Crippen LogP contribution in [0.1, 0.15) is 26.7 Å². The number of hydrogen-bond acceptors (Lipinski definition) is 3. The summed E-state index contributed by atoms with van der Waals surface area (Å²) >= 11 is 6.08. The van der Waals surface area contributed by atoms with E-state index in [0.717, 1.165) is 17.8 Å². The van der Waals surface area contributed by atoms with E-state index in [1.165, 1.54) is 0 Å². The first-order chi connectivity index (χ1) is 8.89. The molecule has 0 amide bonds. The Labute approximate surface area is 118 Å². The molecule has 0 radical (unpaired) electrons. The molecule has 1 aromatic carbocycles. The molecule has 4 heteroatoms. The van der Waals surface area contributed by atoms with Crippen LogP contribution in [0.15, 0.2) is 30.0 Å². The molecule has 0 atom stereocenters. The molecule has 0 saturated heterocycles. The van der Waals surface area contributed by atoms with Gasteiger partial charge in [0, 0.05) is 23.9 Å². The van der Waals surface area contributed by atoms with Crippen LogP contribution in [0.25, 0.3) is 0 Å². The highest BCUT2D eigenvalue weighted by Crippen LogP contribution is 2.35. The normalized spacial score (nSPS) is 17.9. The standard InChI is InChI=1S/C15H18ClNO2/c1-15(2)8-11(6-12(18)9-15)17-10-4-5-14(19-3)13(16)7-10/h4-7,17H,8-9H2,1-3H3. The summed E-state index contributed by atoms with van der Waals surface area (Å²) in [5.41, 5.74) is 1.80. The highest BCUT2D eigenvalue weighted by Gasteiger charge is 2.27. The Bertz CT molecular complexity index is 535. The number of hydrogen-bond donors (Lipinski definition) is 1. The molecule has 0 aliphatic heterocycles. The van der Waals surface area contributed by atoms with Gasteiger partial charge in [-0.1, -0.05) is 25.4 Å². The number of methoxy groups -OCH3 is 1. The Hall–Kier alpha value is -1.48. The molecule has 19 heavy (non-hydrogen) atoms. The van der Waals surface area contributed by atoms with Crippen LogP contribution in [0, 0.1) is 5.41 Å². The molecule has 0 saturated carbocycles. The molecule has 0 bridgehead atoms. The molecule has 0 heterocycles. The van der Waals surface area contributed by atoms with Crippen molar-refractivity contribution in [3.8, 4) is 5.75 Å². The molecule has 1 aliphatic carbocycles. The van der Waals surface area contributed by atoms with Crippen molar-refractivity contribution in [2.24, 2.45) is 5.41 Å². The van der Waals surface area contributed by atoms with Crippen molar-refractivity contribution in [1.29, 1.82) is 0 Å². The molecular formula is C15H18ClNO2. The number of halogens is 1. The lowest BCUT2D eigenvalue weighted by molar-refractivity contribution is -0.117. The van der Waals surface area contributed by atoms with Gasteiger partial charge in [0.2, 0.25) is 0 Å². The largest absolute Gasteiger partial charge is 0.495 e. The topological polar surface area (TPSA) is 38.3 Å². The Morgan fingerprint density at radius 3 is 2.63 bits per heavy atom. The van der Waals surface area contributed by atoms with Gasteiger partial charge in [-0.05, 0) is 30.0 Å². The van der Waals surface area contributed by atoms with Gasteiger partial charge in [0.15, 0.2) is 5.78 Å². The minimum atomic E-state index is 0.00440. The number of benzene rings is 1. The van der Waals surface area contributed by atoms with Crippen molar-refractivity contribution in [2.75, 3.05) is 12.4 Å². The van der Waals surface area contributed by atoms with E-state index in [2.05, 4.69) is 19.2 Å². The van der Waals surface area contributed by atoms with Gasteiger partial charge in [0.25, 0.3) is 0 Å². The smallest absolute Gasteiger partial charge is 0.157 e. The number of carbonyl (C=O) groups is 1. The van der Waals surface area contributed by atoms with Gasteiger partial charge < -0.3 is 10.1 Å². The molecule has 0 aromatic heterocycles.